The lowest BCUT2D eigenvalue weighted by atomic mass is 10.1. The van der Waals surface area contributed by atoms with Crippen molar-refractivity contribution in [3.05, 3.63) is 28.3 Å². The Labute approximate surface area is 153 Å². The van der Waals surface area contributed by atoms with E-state index in [1.807, 2.05) is 0 Å². The molecule has 1 unspecified atom stereocenters. The predicted molar refractivity (Wildman–Crippen MR) is 103 cm³/mol. The summed E-state index contributed by atoms with van der Waals surface area (Å²) in [6, 6.07) is 4.30. The van der Waals surface area contributed by atoms with Crippen LogP contribution in [0.4, 0.5) is 4.39 Å². The van der Waals surface area contributed by atoms with Crippen LogP contribution < -0.4 is 5.32 Å². The van der Waals surface area contributed by atoms with Crippen LogP contribution in [0.5, 0.6) is 0 Å². The van der Waals surface area contributed by atoms with E-state index >= 15 is 0 Å². The number of nitrogens with one attached hydrogen (secondary N) is 2. The highest BCUT2D eigenvalue weighted by Crippen LogP contribution is 2.28. The average molecular weight is 382 g/mol. The molecule has 1 aliphatic rings. The monoisotopic (exact) mass is 381 g/mol. The van der Waals surface area contributed by atoms with Gasteiger partial charge in [0.25, 0.3) is 5.91 Å². The van der Waals surface area contributed by atoms with Gasteiger partial charge in [0.2, 0.25) is 0 Å². The van der Waals surface area contributed by atoms with E-state index in [1.165, 1.54) is 24.6 Å². The molecule has 1 amide bonds. The summed E-state index contributed by atoms with van der Waals surface area (Å²) in [7, 11) is -1.13. The minimum absolute atomic E-state index is 0.00525. The lowest BCUT2D eigenvalue weighted by molar-refractivity contribution is 0.0928. The van der Waals surface area contributed by atoms with Gasteiger partial charge in [-0.2, -0.15) is 0 Å². The van der Waals surface area contributed by atoms with E-state index < -0.39 is 13.9 Å². The number of carbonyl (C=O) groups excluding carboxylic acids is 1. The first-order valence-corrected chi connectivity index (χ1v) is 12.7. The summed E-state index contributed by atoms with van der Waals surface area (Å²) in [6.07, 6.45) is 4.45. The molecule has 0 aromatic carbocycles. The van der Waals surface area contributed by atoms with Crippen molar-refractivity contribution in [1.29, 1.82) is 0 Å². The zero-order valence-corrected chi connectivity index (χ0v) is 16.8. The molecule has 3 heterocycles. The Morgan fingerprint density at radius 1 is 1.36 bits per heavy atom. The van der Waals surface area contributed by atoms with E-state index in [-0.39, 0.29) is 22.4 Å². The highest BCUT2D eigenvalue weighted by Gasteiger charge is 2.26. The second-order valence-electron chi connectivity index (χ2n) is 7.89. The molecule has 2 aromatic rings. The minimum atomic E-state index is -1.13. The van der Waals surface area contributed by atoms with Crippen LogP contribution in [0.3, 0.4) is 0 Å². The van der Waals surface area contributed by atoms with Crippen molar-refractivity contribution in [3.63, 3.8) is 0 Å². The van der Waals surface area contributed by atoms with Gasteiger partial charge in [0, 0.05) is 14.1 Å². The summed E-state index contributed by atoms with van der Waals surface area (Å²) in [6.45, 7) is 6.50. The Kier molecular flexibility index (Phi) is 5.20. The lowest BCUT2D eigenvalue weighted by Crippen LogP contribution is -2.38. The third kappa shape index (κ3) is 4.06. The molecule has 2 N–H and O–H groups in total. The van der Waals surface area contributed by atoms with Crippen molar-refractivity contribution >= 4 is 36.6 Å². The van der Waals surface area contributed by atoms with E-state index in [1.54, 1.807) is 6.92 Å². The van der Waals surface area contributed by atoms with Gasteiger partial charge in [-0.3, -0.25) is 4.79 Å². The van der Waals surface area contributed by atoms with Crippen molar-refractivity contribution in [1.82, 2.24) is 15.3 Å². The molecule has 4 nitrogen and oxygen atoms in total. The van der Waals surface area contributed by atoms with Gasteiger partial charge in [-0.05, 0) is 25.8 Å². The van der Waals surface area contributed by atoms with Crippen LogP contribution in [0.1, 0.15) is 41.9 Å². The fourth-order valence-corrected chi connectivity index (χ4v) is 6.28. The number of carbonyl (C=O) groups is 1. The lowest BCUT2D eigenvalue weighted by Gasteiger charge is -2.29. The van der Waals surface area contributed by atoms with Crippen molar-refractivity contribution < 1.29 is 9.18 Å². The number of aromatic amines is 1. The molecule has 0 aliphatic carbocycles. The summed E-state index contributed by atoms with van der Waals surface area (Å²) in [5.74, 6) is -0.727. The van der Waals surface area contributed by atoms with Crippen LogP contribution in [0.2, 0.25) is 30.2 Å². The van der Waals surface area contributed by atoms with Crippen molar-refractivity contribution in [2.75, 3.05) is 0 Å². The number of nitrogens with zero attached hydrogens (tertiary/aromatic N) is 1. The molecule has 1 aliphatic heterocycles. The standard InChI is InChI=1S/C18H25ClFN3OSi/c1-11-15(19)16(20)13-10-14(23-17(13)21-11)18(24)22-12-6-4-5-8-25(2,3)9-7-12/h10,12H,4-9H2,1-3H3,(H,21,23)(H,22,24). The fraction of sp³-hybridized carbons (Fsp3) is 0.556. The van der Waals surface area contributed by atoms with E-state index in [4.69, 9.17) is 11.6 Å². The normalized spacial score (nSPS) is 20.9. The number of hydrogen-bond acceptors (Lipinski definition) is 2. The molecule has 3 rings (SSSR count). The molecule has 0 radical (unpaired) electrons. The maximum Gasteiger partial charge on any atom is 0.267 e. The maximum absolute atomic E-state index is 14.3. The number of pyridine rings is 1. The highest BCUT2D eigenvalue weighted by atomic mass is 35.5. The Morgan fingerprint density at radius 3 is 2.88 bits per heavy atom. The summed E-state index contributed by atoms with van der Waals surface area (Å²) < 4.78 is 14.3. The van der Waals surface area contributed by atoms with Crippen LogP contribution in [-0.4, -0.2) is 30.0 Å². The molecule has 0 bridgehead atoms. The minimum Gasteiger partial charge on any atom is -0.348 e. The predicted octanol–water partition coefficient (Wildman–Crippen LogP) is 5.04. The van der Waals surface area contributed by atoms with Crippen LogP contribution in [-0.2, 0) is 0 Å². The molecule has 25 heavy (non-hydrogen) atoms. The number of halogens is 2. The van der Waals surface area contributed by atoms with Crippen LogP contribution in [0, 0.1) is 12.7 Å². The van der Waals surface area contributed by atoms with Crippen LogP contribution in [0.15, 0.2) is 6.07 Å². The zero-order valence-electron chi connectivity index (χ0n) is 15.0. The number of H-pyrrole nitrogens is 1. The molecular weight excluding hydrogens is 357 g/mol. The Bertz CT molecular complexity index is 805. The number of rotatable bonds is 2. The molecule has 136 valence electrons. The number of aromatic nitrogens is 2. The van der Waals surface area contributed by atoms with Gasteiger partial charge < -0.3 is 10.3 Å². The Morgan fingerprint density at radius 2 is 2.12 bits per heavy atom. The number of amides is 1. The highest BCUT2D eigenvalue weighted by molar-refractivity contribution is 6.77. The second-order valence-corrected chi connectivity index (χ2v) is 13.6. The first-order valence-electron chi connectivity index (χ1n) is 8.92. The Hall–Kier alpha value is -1.40. The summed E-state index contributed by atoms with van der Waals surface area (Å²) in [4.78, 5) is 19.8. The number of aryl methyl sites for hydroxylation is 1. The van der Waals surface area contributed by atoms with Crippen molar-refractivity contribution in [2.45, 2.75) is 63.8 Å². The molecule has 0 saturated carbocycles. The van der Waals surface area contributed by atoms with E-state index in [0.29, 0.717) is 17.0 Å². The van der Waals surface area contributed by atoms with Gasteiger partial charge in [-0.15, -0.1) is 0 Å². The summed E-state index contributed by atoms with van der Waals surface area (Å²) in [5.41, 5.74) is 1.10. The van der Waals surface area contributed by atoms with Crippen LogP contribution in [0.25, 0.3) is 11.0 Å². The average Bonchev–Trinajstić information content (AvgIpc) is 2.97. The zero-order chi connectivity index (χ0) is 18.2. The smallest absolute Gasteiger partial charge is 0.267 e. The third-order valence-corrected chi connectivity index (χ3v) is 9.02. The van der Waals surface area contributed by atoms with Crippen LogP contribution >= 0.6 is 11.6 Å². The fourth-order valence-electron chi connectivity index (χ4n) is 3.55. The Balaban J connectivity index is 1.77. The molecule has 1 fully saturated rings. The van der Waals surface area contributed by atoms with Gasteiger partial charge in [0.1, 0.15) is 11.3 Å². The summed E-state index contributed by atoms with van der Waals surface area (Å²) in [5, 5.41) is 3.38. The first kappa shape index (κ1) is 18.4. The quantitative estimate of drug-likeness (QED) is 0.715. The third-order valence-electron chi connectivity index (χ3n) is 5.23. The molecule has 7 heteroatoms. The molecular formula is C18H25ClFN3OSi. The van der Waals surface area contributed by atoms with Gasteiger partial charge >= 0.3 is 0 Å². The van der Waals surface area contributed by atoms with E-state index in [9.17, 15) is 9.18 Å². The SMILES string of the molecule is Cc1nc2[nH]c(C(=O)NC3CCCC[Si](C)(C)CC3)cc2c(F)c1Cl. The van der Waals surface area contributed by atoms with E-state index in [2.05, 4.69) is 28.4 Å². The number of fused-ring (bicyclic) bond motifs is 1. The summed E-state index contributed by atoms with van der Waals surface area (Å²) >= 11 is 5.91. The molecule has 1 saturated heterocycles. The van der Waals surface area contributed by atoms with Gasteiger partial charge in [-0.1, -0.05) is 49.6 Å². The largest absolute Gasteiger partial charge is 0.348 e. The molecule has 2 aromatic heterocycles. The first-order chi connectivity index (χ1) is 11.8. The molecule has 1 atom stereocenters. The topological polar surface area (TPSA) is 57.8 Å². The van der Waals surface area contributed by atoms with Gasteiger partial charge in [0.15, 0.2) is 5.82 Å². The van der Waals surface area contributed by atoms with Gasteiger partial charge in [-0.25, -0.2) is 9.37 Å². The maximum atomic E-state index is 14.3. The number of hydrogen-bond donors (Lipinski definition) is 2. The van der Waals surface area contributed by atoms with Gasteiger partial charge in [0.05, 0.1) is 16.1 Å². The molecule has 0 spiro atoms. The second kappa shape index (κ2) is 7.07. The van der Waals surface area contributed by atoms with Crippen molar-refractivity contribution in [2.24, 2.45) is 0 Å². The van der Waals surface area contributed by atoms with Crippen molar-refractivity contribution in [3.8, 4) is 0 Å². The van der Waals surface area contributed by atoms with E-state index in [0.717, 1.165) is 19.3 Å².